The molecule has 0 bridgehead atoms. The van der Waals surface area contributed by atoms with E-state index in [2.05, 4.69) is 26.9 Å². The first-order valence-corrected chi connectivity index (χ1v) is 8.49. The van der Waals surface area contributed by atoms with Gasteiger partial charge in [0, 0.05) is 10.2 Å². The standard InChI is InChI=1S/C17H15BrN6O2/c1-25-13-7-5-11(6-8-13)23-14(19)15(20)24(17-16(23)21-26-22-17)12-4-2-3-10(18)9-12/h2-9,19-22H,1H3. The molecule has 0 saturated carbocycles. The topological polar surface area (TPSA) is 100 Å². The Morgan fingerprint density at radius 1 is 0.923 bits per heavy atom. The highest BCUT2D eigenvalue weighted by atomic mass is 79.9. The first-order valence-electron chi connectivity index (χ1n) is 7.69. The van der Waals surface area contributed by atoms with Crippen LogP contribution in [0.15, 0.2) is 53.0 Å². The van der Waals surface area contributed by atoms with Crippen molar-refractivity contribution in [1.82, 2.24) is 9.13 Å². The molecule has 4 N–H and O–H groups in total. The van der Waals surface area contributed by atoms with Crippen LogP contribution < -0.4 is 26.7 Å². The summed E-state index contributed by atoms with van der Waals surface area (Å²) in [4.78, 5) is 5.18. The Labute approximate surface area is 156 Å². The van der Waals surface area contributed by atoms with E-state index in [0.29, 0.717) is 23.1 Å². The molecule has 0 saturated heterocycles. The van der Waals surface area contributed by atoms with E-state index in [-0.39, 0.29) is 11.0 Å². The van der Waals surface area contributed by atoms with Gasteiger partial charge in [0.15, 0.2) is 22.6 Å². The molecule has 1 aromatic heterocycles. The molecule has 9 heteroatoms. The minimum absolute atomic E-state index is 0.00805. The van der Waals surface area contributed by atoms with Crippen LogP contribution in [0.3, 0.4) is 0 Å². The van der Waals surface area contributed by atoms with Crippen LogP contribution in [0.2, 0.25) is 0 Å². The second kappa shape index (κ2) is 6.36. The predicted molar refractivity (Wildman–Crippen MR) is 99.4 cm³/mol. The van der Waals surface area contributed by atoms with Gasteiger partial charge in [-0.2, -0.15) is 4.94 Å². The third-order valence-electron chi connectivity index (χ3n) is 4.04. The van der Waals surface area contributed by atoms with Gasteiger partial charge in [0.1, 0.15) is 5.75 Å². The molecular weight excluding hydrogens is 400 g/mol. The van der Waals surface area contributed by atoms with Gasteiger partial charge in [-0.05, 0) is 42.5 Å². The molecule has 0 radical (unpaired) electrons. The van der Waals surface area contributed by atoms with Crippen molar-refractivity contribution in [2.45, 2.75) is 0 Å². The summed E-state index contributed by atoms with van der Waals surface area (Å²) in [5.41, 5.74) is 7.01. The smallest absolute Gasteiger partial charge is 0.182 e. The summed E-state index contributed by atoms with van der Waals surface area (Å²) < 4.78 is 9.28. The van der Waals surface area contributed by atoms with Crippen LogP contribution >= 0.6 is 15.9 Å². The summed E-state index contributed by atoms with van der Waals surface area (Å²) in [6.45, 7) is 0. The number of halogens is 1. The summed E-state index contributed by atoms with van der Waals surface area (Å²) in [6.07, 6.45) is 0. The molecule has 0 amide bonds. The molecule has 0 unspecified atom stereocenters. The molecule has 8 nitrogen and oxygen atoms in total. The van der Waals surface area contributed by atoms with E-state index in [9.17, 15) is 0 Å². The van der Waals surface area contributed by atoms with Gasteiger partial charge in [0.05, 0.1) is 12.8 Å². The maximum absolute atomic E-state index is 8.53. The summed E-state index contributed by atoms with van der Waals surface area (Å²) in [5.74, 6) is 1.77. The quantitative estimate of drug-likeness (QED) is 0.529. The van der Waals surface area contributed by atoms with E-state index in [0.717, 1.165) is 10.2 Å². The number of aromatic nitrogens is 2. The van der Waals surface area contributed by atoms with E-state index in [1.54, 1.807) is 28.4 Å². The Kier molecular flexibility index (Phi) is 4.02. The number of fused-ring (bicyclic) bond motifs is 1. The van der Waals surface area contributed by atoms with E-state index in [1.165, 1.54) is 0 Å². The van der Waals surface area contributed by atoms with E-state index >= 15 is 0 Å². The first kappa shape index (κ1) is 16.4. The zero-order valence-electron chi connectivity index (χ0n) is 13.7. The van der Waals surface area contributed by atoms with Crippen molar-refractivity contribution in [2.24, 2.45) is 0 Å². The van der Waals surface area contributed by atoms with Crippen LogP contribution in [-0.2, 0) is 4.94 Å². The largest absolute Gasteiger partial charge is 0.497 e. The lowest BCUT2D eigenvalue weighted by atomic mass is 10.2. The van der Waals surface area contributed by atoms with Crippen molar-refractivity contribution >= 4 is 27.6 Å². The monoisotopic (exact) mass is 414 g/mol. The number of benzene rings is 2. The van der Waals surface area contributed by atoms with Gasteiger partial charge in [-0.25, -0.2) is 11.0 Å². The lowest BCUT2D eigenvalue weighted by molar-refractivity contribution is 0.279. The van der Waals surface area contributed by atoms with Crippen LogP contribution in [0.1, 0.15) is 0 Å². The van der Waals surface area contributed by atoms with Crippen LogP contribution in [0.5, 0.6) is 5.75 Å². The maximum Gasteiger partial charge on any atom is 0.182 e. The Morgan fingerprint density at radius 3 is 2.12 bits per heavy atom. The Morgan fingerprint density at radius 2 is 1.54 bits per heavy atom. The van der Waals surface area contributed by atoms with Gasteiger partial charge >= 0.3 is 0 Å². The third-order valence-corrected chi connectivity index (χ3v) is 4.53. The minimum atomic E-state index is 0.00805. The van der Waals surface area contributed by atoms with Gasteiger partial charge in [0.25, 0.3) is 0 Å². The van der Waals surface area contributed by atoms with Crippen LogP contribution in [0.25, 0.3) is 11.4 Å². The van der Waals surface area contributed by atoms with E-state index in [4.69, 9.17) is 20.5 Å². The minimum Gasteiger partial charge on any atom is -0.497 e. The SMILES string of the molecule is COc1ccc(-n2c3c(n(-c4cccc(Br)c4)c(=N)c2=N)NON3)cc1. The van der Waals surface area contributed by atoms with Gasteiger partial charge in [-0.15, -0.1) is 0 Å². The van der Waals surface area contributed by atoms with Crippen LogP contribution in [0.4, 0.5) is 11.6 Å². The molecule has 0 spiro atoms. The molecule has 0 atom stereocenters. The maximum atomic E-state index is 8.53. The predicted octanol–water partition coefficient (Wildman–Crippen LogP) is 2.68. The lowest BCUT2D eigenvalue weighted by Gasteiger charge is -2.17. The molecule has 4 rings (SSSR count). The molecule has 3 aromatic rings. The summed E-state index contributed by atoms with van der Waals surface area (Å²) >= 11 is 3.44. The highest BCUT2D eigenvalue weighted by molar-refractivity contribution is 9.10. The van der Waals surface area contributed by atoms with E-state index in [1.807, 2.05) is 36.4 Å². The number of nitrogens with zero attached hydrogens (tertiary/aromatic N) is 2. The van der Waals surface area contributed by atoms with Crippen molar-refractivity contribution in [1.29, 1.82) is 10.8 Å². The molecule has 132 valence electrons. The molecule has 2 heterocycles. The zero-order chi connectivity index (χ0) is 18.3. The van der Waals surface area contributed by atoms with Crippen molar-refractivity contribution < 1.29 is 9.68 Å². The van der Waals surface area contributed by atoms with E-state index < -0.39 is 0 Å². The number of ether oxygens (including phenoxy) is 1. The molecule has 0 aliphatic carbocycles. The van der Waals surface area contributed by atoms with Gasteiger partial charge < -0.3 is 4.74 Å². The molecular formula is C17H15BrN6O2. The first-order chi connectivity index (χ1) is 12.6. The summed E-state index contributed by atoms with van der Waals surface area (Å²) in [7, 11) is 1.60. The molecule has 2 aromatic carbocycles. The van der Waals surface area contributed by atoms with Crippen LogP contribution in [0, 0.1) is 10.8 Å². The van der Waals surface area contributed by atoms with Crippen molar-refractivity contribution in [3.8, 4) is 17.1 Å². The Balaban J connectivity index is 1.99. The number of nitrogens with one attached hydrogen (secondary N) is 4. The normalized spacial score (nSPS) is 12.2. The van der Waals surface area contributed by atoms with Crippen LogP contribution in [-0.4, -0.2) is 16.2 Å². The fourth-order valence-corrected chi connectivity index (χ4v) is 3.21. The Hall–Kier alpha value is -3.04. The average molecular weight is 415 g/mol. The van der Waals surface area contributed by atoms with Gasteiger partial charge in [-0.1, -0.05) is 22.0 Å². The van der Waals surface area contributed by atoms with Crippen molar-refractivity contribution in [2.75, 3.05) is 18.1 Å². The van der Waals surface area contributed by atoms with Crippen molar-refractivity contribution in [3.63, 3.8) is 0 Å². The second-order valence-corrected chi connectivity index (χ2v) is 6.47. The summed E-state index contributed by atoms with van der Waals surface area (Å²) in [5, 5.41) is 17.1. The number of hydrogen-bond acceptors (Lipinski definition) is 6. The Bertz CT molecular complexity index is 1100. The fraction of sp³-hybridized carbons (Fsp3) is 0.0588. The second-order valence-electron chi connectivity index (χ2n) is 5.55. The van der Waals surface area contributed by atoms with Crippen molar-refractivity contribution in [3.05, 3.63) is 64.0 Å². The lowest BCUT2D eigenvalue weighted by Crippen LogP contribution is -2.41. The average Bonchev–Trinajstić information content (AvgIpc) is 3.12. The zero-order valence-corrected chi connectivity index (χ0v) is 15.3. The fourth-order valence-electron chi connectivity index (χ4n) is 2.82. The molecule has 0 fully saturated rings. The number of anilines is 2. The summed E-state index contributed by atoms with van der Waals surface area (Å²) in [6, 6.07) is 14.7. The highest BCUT2D eigenvalue weighted by Crippen LogP contribution is 2.29. The third kappa shape index (κ3) is 2.57. The molecule has 1 aliphatic heterocycles. The molecule has 1 aliphatic rings. The number of hydrogen-bond donors (Lipinski definition) is 4. The highest BCUT2D eigenvalue weighted by Gasteiger charge is 2.23. The number of methoxy groups -OCH3 is 1. The molecule has 26 heavy (non-hydrogen) atoms. The van der Waals surface area contributed by atoms with Gasteiger partial charge in [-0.3, -0.25) is 20.0 Å². The van der Waals surface area contributed by atoms with Gasteiger partial charge in [0.2, 0.25) is 0 Å². The number of rotatable bonds is 3.